The van der Waals surface area contributed by atoms with E-state index in [9.17, 15) is 50.9 Å². The van der Waals surface area contributed by atoms with Crippen LogP contribution in [0.25, 0.3) is 56.3 Å². The molecule has 35 nitrogen and oxygen atoms in total. The summed E-state index contributed by atoms with van der Waals surface area (Å²) in [5.74, 6) is 1.53. The minimum absolute atomic E-state index is 0. The quantitative estimate of drug-likeness (QED) is 0.0574. The first-order valence-corrected chi connectivity index (χ1v) is 57.4. The molecule has 21 rings (SSSR count). The van der Waals surface area contributed by atoms with Crippen molar-refractivity contribution in [2.75, 3.05) is 161 Å². The van der Waals surface area contributed by atoms with E-state index in [2.05, 4.69) is 54.7 Å². The molecule has 6 aliphatic carbocycles. The molecule has 6 saturated carbocycles. The van der Waals surface area contributed by atoms with Gasteiger partial charge in [0.05, 0.1) is 172 Å². The standard InChI is InChI=1S/C20H23ClN4O3S.C20H23FN4O3S.C19H23ClN4O3S.C19H25ClN4O3S.C19H23FN4O3S.CH4/c2*1-13-10-16(21)15(12-22-13)17-11-18(20(4-5-20)29(26,27)14-2-3-14)24-19(23-17)25-6-8-28-9-7-25;1-12-8-15(20)14(10-21-12)16-9-17(19(4-5-19)28(3,25)26)23-18(22-16)24-6-7-27-11-13(24)2;1-12-8-15(20)14(10-21-12)16-9-17(19(3,4)28(5,25)26)23-18(22-16)24-6-7-27-11-13(24)2;1-3-28(25,26)19(4-5-19)17-11-16(14-12-21-13(2)10-15(14)20)22-18(23-17)24-6-8-27-9-7-24;/h2*10-12,14H,2-9H2,1H3;8-10,13H,4-7,11H2,1-3H3;8-10,13H,6-7,11H2,1-5H3;10-12H,3-9H2,1-2H3;1H4/t;;2*13-;;/m..11../s1. The molecule has 45 heteroatoms. The third-order valence-electron chi connectivity index (χ3n) is 28.0. The number of ether oxygens (including phenoxy) is 5. The van der Waals surface area contributed by atoms with E-state index < -0.39 is 84.6 Å². The number of pyridine rings is 5. The molecule has 0 spiro atoms. The van der Waals surface area contributed by atoms with Gasteiger partial charge >= 0.3 is 0 Å². The maximum absolute atomic E-state index is 14.7. The molecule has 0 amide bonds. The zero-order chi connectivity index (χ0) is 101. The molecule has 11 aliphatic rings. The Kier molecular flexibility index (Phi) is 31.2. The van der Waals surface area contributed by atoms with Crippen molar-refractivity contribution >= 4 is 114 Å². The highest BCUT2D eigenvalue weighted by atomic mass is 35.5. The van der Waals surface area contributed by atoms with Gasteiger partial charge in [-0.2, -0.15) is 0 Å². The number of nitrogens with zero attached hydrogens (tertiary/aromatic N) is 20. The van der Waals surface area contributed by atoms with E-state index in [1.54, 1.807) is 102 Å². The number of morpholine rings is 5. The largest absolute Gasteiger partial charge is 0.378 e. The van der Waals surface area contributed by atoms with Gasteiger partial charge in [0, 0.05) is 147 Å². The Morgan fingerprint density at radius 3 is 0.944 bits per heavy atom. The third-order valence-corrected chi connectivity index (χ3v) is 41.7. The lowest BCUT2D eigenvalue weighted by Crippen LogP contribution is -2.45. The summed E-state index contributed by atoms with van der Waals surface area (Å²) in [5, 5.41) is 1.09. The van der Waals surface area contributed by atoms with Gasteiger partial charge in [-0.1, -0.05) is 49.2 Å². The summed E-state index contributed by atoms with van der Waals surface area (Å²) in [6.45, 7) is 28.8. The molecule has 0 N–H and O–H groups in total. The summed E-state index contributed by atoms with van der Waals surface area (Å²) in [4.78, 5) is 78.1. The molecule has 0 radical (unpaired) electrons. The predicted octanol–water partition coefficient (Wildman–Crippen LogP) is 13.9. The molecule has 15 heterocycles. The molecule has 0 aromatic carbocycles. The summed E-state index contributed by atoms with van der Waals surface area (Å²) >= 11 is 19.4. The molecule has 768 valence electrons. The van der Waals surface area contributed by atoms with Crippen LogP contribution < -0.4 is 24.5 Å². The van der Waals surface area contributed by atoms with Crippen LogP contribution in [0.2, 0.25) is 15.1 Å². The Morgan fingerprint density at radius 1 is 0.371 bits per heavy atom. The first-order chi connectivity index (χ1) is 67.4. The fourth-order valence-corrected chi connectivity index (χ4v) is 27.3. The van der Waals surface area contributed by atoms with Crippen LogP contribution in [0.5, 0.6) is 0 Å². The Bertz CT molecular complexity index is 6760. The van der Waals surface area contributed by atoms with E-state index in [-0.39, 0.29) is 46.9 Å². The second-order valence-corrected chi connectivity index (χ2v) is 52.5. The fourth-order valence-electron chi connectivity index (χ4n) is 17.9. The maximum Gasteiger partial charge on any atom is 0.226 e. The number of hydrogen-bond acceptors (Lipinski definition) is 35. The maximum atomic E-state index is 14.7. The van der Waals surface area contributed by atoms with Gasteiger partial charge in [-0.25, -0.2) is 101 Å². The Labute approximate surface area is 849 Å². The van der Waals surface area contributed by atoms with Gasteiger partial charge in [0.2, 0.25) is 29.7 Å². The van der Waals surface area contributed by atoms with Crippen molar-refractivity contribution in [3.63, 3.8) is 0 Å². The van der Waals surface area contributed by atoms with Gasteiger partial charge in [-0.05, 0) is 200 Å². The minimum atomic E-state index is -3.41. The summed E-state index contributed by atoms with van der Waals surface area (Å²) in [7, 11) is -16.6. The van der Waals surface area contributed by atoms with Gasteiger partial charge in [0.15, 0.2) is 49.2 Å². The molecular weight excluding hydrogens is 2000 g/mol. The molecule has 11 fully saturated rings. The molecule has 10 aromatic rings. The third kappa shape index (κ3) is 22.4. The Balaban J connectivity index is 0.000000128. The Hall–Kier alpha value is -9.57. The molecule has 5 saturated heterocycles. The second-order valence-electron chi connectivity index (χ2n) is 38.7. The molecule has 0 unspecified atom stereocenters. The number of sulfone groups is 5. The van der Waals surface area contributed by atoms with Gasteiger partial charge in [-0.3, -0.25) is 24.9 Å². The zero-order valence-electron chi connectivity index (χ0n) is 81.4. The number of hydrogen-bond donors (Lipinski definition) is 0. The van der Waals surface area contributed by atoms with E-state index in [0.717, 1.165) is 42.8 Å². The number of aromatic nitrogens is 15. The predicted molar refractivity (Wildman–Crippen MR) is 546 cm³/mol. The lowest BCUT2D eigenvalue weighted by molar-refractivity contribution is 0.0980. The zero-order valence-corrected chi connectivity index (χ0v) is 87.7. The molecular formula is C98H121Cl3F2N20O15S5. The lowest BCUT2D eigenvalue weighted by atomic mass is 10.1. The SMILES string of the molecule is C.CCS(=O)(=O)C1(c2cc(-c3cnc(C)cc3F)nc(N3CCOCC3)n2)CC1.Cc1cc(Cl)c(-c2cc(C(C)(C)S(C)(=O)=O)nc(N3CCOC[C@H]3C)n2)cn1.Cc1cc(Cl)c(-c2cc(C3(S(=O)(=O)C4CC4)CC3)nc(N3CCOCC3)n2)cn1.Cc1cc(Cl)c(-c2cc(C3(S(C)(=O)=O)CC3)nc(N3CCOC[C@H]3C)n2)cn1.Cc1cc(F)c(-c2cc(C3(S(=O)(=O)C4CC4)CC3)nc(N3CCOCC3)n2)cn1. The van der Waals surface area contributed by atoms with E-state index in [1.807, 2.05) is 54.2 Å². The molecule has 0 bridgehead atoms. The summed E-state index contributed by atoms with van der Waals surface area (Å²) < 4.78 is 180. The van der Waals surface area contributed by atoms with Crippen LogP contribution in [0.15, 0.2) is 91.6 Å². The number of aryl methyl sites for hydroxylation is 5. The van der Waals surface area contributed by atoms with Crippen molar-refractivity contribution < 1.29 is 74.6 Å². The van der Waals surface area contributed by atoms with E-state index in [0.29, 0.717) is 300 Å². The van der Waals surface area contributed by atoms with Crippen LogP contribution in [-0.2, 0) is 96.6 Å². The normalized spacial score (nSPS) is 20.1. The highest BCUT2D eigenvalue weighted by Crippen LogP contribution is 2.60. The van der Waals surface area contributed by atoms with Crippen molar-refractivity contribution in [1.82, 2.24) is 74.8 Å². The second kappa shape index (κ2) is 42.0. The van der Waals surface area contributed by atoms with Crippen LogP contribution in [-0.4, -0.2) is 276 Å². The summed E-state index contributed by atoms with van der Waals surface area (Å²) in [6, 6.07) is 16.7. The first kappa shape index (κ1) is 106. The van der Waals surface area contributed by atoms with Crippen molar-refractivity contribution in [2.24, 2.45) is 0 Å². The van der Waals surface area contributed by atoms with E-state index in [4.69, 9.17) is 83.4 Å². The highest BCUT2D eigenvalue weighted by Gasteiger charge is 2.64. The lowest BCUT2D eigenvalue weighted by Gasteiger charge is -2.34. The summed E-state index contributed by atoms with van der Waals surface area (Å²) in [5.41, 5.74) is 11.0. The van der Waals surface area contributed by atoms with Gasteiger partial charge in [0.1, 0.15) is 35.4 Å². The van der Waals surface area contributed by atoms with Gasteiger partial charge in [0.25, 0.3) is 0 Å². The number of anilines is 5. The molecule has 5 aliphatic heterocycles. The van der Waals surface area contributed by atoms with Crippen LogP contribution in [0, 0.1) is 46.3 Å². The Morgan fingerprint density at radius 2 is 0.650 bits per heavy atom. The van der Waals surface area contributed by atoms with Crippen molar-refractivity contribution in [3.8, 4) is 56.3 Å². The minimum Gasteiger partial charge on any atom is -0.378 e. The van der Waals surface area contributed by atoms with E-state index >= 15 is 0 Å². The average molecular weight is 2120 g/mol. The van der Waals surface area contributed by atoms with Crippen molar-refractivity contribution in [1.29, 1.82) is 0 Å². The smallest absolute Gasteiger partial charge is 0.226 e. The fraction of sp³-hybridized carbons (Fsp3) is 0.541. The molecule has 2 atom stereocenters. The molecule has 10 aromatic heterocycles. The topological polar surface area (TPSA) is 426 Å². The van der Waals surface area contributed by atoms with Crippen molar-refractivity contribution in [3.05, 3.63) is 175 Å². The average Bonchev–Trinajstić information content (AvgIpc) is 1.54. The molecule has 143 heavy (non-hydrogen) atoms. The van der Waals surface area contributed by atoms with Gasteiger partial charge < -0.3 is 48.2 Å². The van der Waals surface area contributed by atoms with Crippen LogP contribution in [0.1, 0.15) is 176 Å². The number of rotatable bonds is 23. The van der Waals surface area contributed by atoms with E-state index in [1.165, 1.54) is 37.0 Å². The van der Waals surface area contributed by atoms with Crippen LogP contribution >= 0.6 is 34.8 Å². The first-order valence-electron chi connectivity index (χ1n) is 47.7. The monoisotopic (exact) mass is 2120 g/mol. The van der Waals surface area contributed by atoms with Crippen LogP contribution in [0.4, 0.5) is 38.5 Å². The van der Waals surface area contributed by atoms with Crippen LogP contribution in [0.3, 0.4) is 0 Å². The number of halogens is 5. The van der Waals surface area contributed by atoms with Gasteiger partial charge in [-0.15, -0.1) is 0 Å². The highest BCUT2D eigenvalue weighted by molar-refractivity contribution is 7.94. The van der Waals surface area contributed by atoms with Crippen molar-refractivity contribution in [2.45, 2.75) is 200 Å². The summed E-state index contributed by atoms with van der Waals surface area (Å²) in [6.07, 6.45) is 17.9.